The summed E-state index contributed by atoms with van der Waals surface area (Å²) in [6.45, 7) is 7.05. The Hall–Kier alpha value is -1.17. The zero-order valence-electron chi connectivity index (χ0n) is 13.1. The maximum absolute atomic E-state index is 5.44. The van der Waals surface area contributed by atoms with Crippen molar-refractivity contribution in [2.24, 2.45) is 5.92 Å². The van der Waals surface area contributed by atoms with Crippen molar-refractivity contribution in [2.75, 3.05) is 46.3 Å². The van der Waals surface area contributed by atoms with E-state index < -0.39 is 0 Å². The Kier molecular flexibility index (Phi) is 3.59. The SMILES string of the molecule is CNC(=S)NC1C2CN3CCN(C2)CC1(c1ccccc1)C3. The zero-order chi connectivity index (χ0) is 15.2. The lowest BCUT2D eigenvalue weighted by Gasteiger charge is -2.56. The molecule has 4 fully saturated rings. The Labute approximate surface area is 137 Å². The number of nitrogens with one attached hydrogen (secondary N) is 2. The van der Waals surface area contributed by atoms with Gasteiger partial charge in [0.1, 0.15) is 0 Å². The molecule has 1 aromatic carbocycles. The molecule has 5 rings (SSSR count). The molecule has 5 heteroatoms. The monoisotopic (exact) mass is 316 g/mol. The summed E-state index contributed by atoms with van der Waals surface area (Å²) < 4.78 is 0. The summed E-state index contributed by atoms with van der Waals surface area (Å²) in [6, 6.07) is 11.5. The normalized spacial score (nSPS) is 39.3. The molecule has 4 heterocycles. The van der Waals surface area contributed by atoms with Crippen LogP contribution in [0.1, 0.15) is 5.56 Å². The number of hydrogen-bond acceptors (Lipinski definition) is 3. The molecule has 4 aliphatic rings. The average Bonchev–Trinajstić information content (AvgIpc) is 2.79. The van der Waals surface area contributed by atoms with E-state index in [1.807, 2.05) is 7.05 Å². The van der Waals surface area contributed by atoms with E-state index in [1.165, 1.54) is 31.7 Å². The number of fused-ring (bicyclic) bond motifs is 1. The summed E-state index contributed by atoms with van der Waals surface area (Å²) >= 11 is 5.44. The number of thiocarbonyl (C=S) groups is 1. The fourth-order valence-electron chi connectivity index (χ4n) is 4.78. The largest absolute Gasteiger partial charge is 0.366 e. The molecule has 1 aromatic rings. The van der Waals surface area contributed by atoms with Crippen LogP contribution in [0.4, 0.5) is 0 Å². The van der Waals surface area contributed by atoms with Gasteiger partial charge < -0.3 is 20.4 Å². The molecular weight excluding hydrogens is 292 g/mol. The second-order valence-electron chi connectivity index (χ2n) is 6.95. The number of nitrogens with zero attached hydrogens (tertiary/aromatic N) is 2. The van der Waals surface area contributed by atoms with E-state index in [1.54, 1.807) is 0 Å². The molecule has 0 radical (unpaired) electrons. The molecule has 0 aliphatic carbocycles. The third-order valence-corrected chi connectivity index (χ3v) is 5.98. The van der Waals surface area contributed by atoms with Crippen LogP contribution >= 0.6 is 12.2 Å². The predicted molar refractivity (Wildman–Crippen MR) is 93.1 cm³/mol. The van der Waals surface area contributed by atoms with E-state index in [0.29, 0.717) is 12.0 Å². The predicted octanol–water partition coefficient (Wildman–Crippen LogP) is 0.648. The molecular formula is C17H24N4S. The standard InChI is InChI=1S/C17H24N4S/c1-18-16(22)19-15-13-9-20-7-8-21(10-13)12-17(15,11-20)14-5-3-2-4-6-14/h2-6,13,15H,7-12H2,1H3,(H2,18,19,22). The molecule has 0 saturated carbocycles. The van der Waals surface area contributed by atoms with Crippen LogP contribution in [0.3, 0.4) is 0 Å². The van der Waals surface area contributed by atoms with Crippen molar-refractivity contribution >= 4 is 17.3 Å². The maximum Gasteiger partial charge on any atom is 0.166 e. The zero-order valence-corrected chi connectivity index (χ0v) is 13.9. The van der Waals surface area contributed by atoms with E-state index in [9.17, 15) is 0 Å². The van der Waals surface area contributed by atoms with Crippen molar-refractivity contribution in [3.63, 3.8) is 0 Å². The number of piperidine rings is 2. The summed E-state index contributed by atoms with van der Waals surface area (Å²) in [7, 11) is 1.90. The molecule has 4 aliphatic heterocycles. The minimum absolute atomic E-state index is 0.139. The van der Waals surface area contributed by atoms with Crippen LogP contribution in [0.25, 0.3) is 0 Å². The molecule has 0 spiro atoms. The van der Waals surface area contributed by atoms with Crippen molar-refractivity contribution in [1.82, 2.24) is 20.4 Å². The van der Waals surface area contributed by atoms with Crippen LogP contribution in [0.15, 0.2) is 30.3 Å². The van der Waals surface area contributed by atoms with Gasteiger partial charge in [-0.1, -0.05) is 30.3 Å². The fraction of sp³-hybridized carbons (Fsp3) is 0.588. The van der Waals surface area contributed by atoms with Crippen LogP contribution < -0.4 is 10.6 Å². The third kappa shape index (κ3) is 2.23. The molecule has 3 atom stereocenters. The number of hydrogen-bond donors (Lipinski definition) is 2. The highest BCUT2D eigenvalue weighted by Crippen LogP contribution is 2.43. The fourth-order valence-corrected chi connectivity index (χ4v) is 4.91. The summed E-state index contributed by atoms with van der Waals surface area (Å²) in [5.74, 6) is 0.636. The molecule has 22 heavy (non-hydrogen) atoms. The first-order valence-corrected chi connectivity index (χ1v) is 8.60. The molecule has 118 valence electrons. The second-order valence-corrected chi connectivity index (χ2v) is 7.36. The van der Waals surface area contributed by atoms with Crippen molar-refractivity contribution in [2.45, 2.75) is 11.5 Å². The quantitative estimate of drug-likeness (QED) is 0.783. The minimum atomic E-state index is 0.139. The van der Waals surface area contributed by atoms with Crippen LogP contribution in [0, 0.1) is 5.92 Å². The van der Waals surface area contributed by atoms with Gasteiger partial charge in [-0.3, -0.25) is 0 Å². The first kappa shape index (κ1) is 14.4. The lowest BCUT2D eigenvalue weighted by atomic mass is 9.64. The van der Waals surface area contributed by atoms with Gasteiger partial charge in [0.25, 0.3) is 0 Å². The Morgan fingerprint density at radius 2 is 1.77 bits per heavy atom. The van der Waals surface area contributed by atoms with Crippen molar-refractivity contribution in [1.29, 1.82) is 0 Å². The van der Waals surface area contributed by atoms with E-state index in [-0.39, 0.29) is 5.41 Å². The summed E-state index contributed by atoms with van der Waals surface area (Å²) in [4.78, 5) is 5.32. The lowest BCUT2D eigenvalue weighted by molar-refractivity contribution is 0.0266. The first-order chi connectivity index (χ1) is 10.7. The van der Waals surface area contributed by atoms with Crippen LogP contribution in [-0.2, 0) is 5.41 Å². The van der Waals surface area contributed by atoms with E-state index in [4.69, 9.17) is 12.2 Å². The Balaban J connectivity index is 1.77. The number of benzene rings is 1. The Morgan fingerprint density at radius 1 is 1.14 bits per heavy atom. The van der Waals surface area contributed by atoms with Gasteiger partial charge in [-0.05, 0) is 17.8 Å². The van der Waals surface area contributed by atoms with Gasteiger partial charge >= 0.3 is 0 Å². The second kappa shape index (κ2) is 5.48. The van der Waals surface area contributed by atoms with Gasteiger partial charge in [-0.25, -0.2) is 0 Å². The topological polar surface area (TPSA) is 30.5 Å². The van der Waals surface area contributed by atoms with E-state index in [0.717, 1.165) is 18.2 Å². The van der Waals surface area contributed by atoms with Gasteiger partial charge in [0, 0.05) is 63.7 Å². The average molecular weight is 316 g/mol. The van der Waals surface area contributed by atoms with Crippen LogP contribution in [0.2, 0.25) is 0 Å². The third-order valence-electron chi connectivity index (χ3n) is 5.66. The van der Waals surface area contributed by atoms with Gasteiger partial charge in [0.05, 0.1) is 0 Å². The van der Waals surface area contributed by atoms with Crippen molar-refractivity contribution < 1.29 is 0 Å². The van der Waals surface area contributed by atoms with Gasteiger partial charge in [0.15, 0.2) is 5.11 Å². The van der Waals surface area contributed by atoms with E-state index in [2.05, 4.69) is 50.8 Å². The first-order valence-electron chi connectivity index (χ1n) is 8.20. The van der Waals surface area contributed by atoms with Crippen molar-refractivity contribution in [3.05, 3.63) is 35.9 Å². The molecule has 3 unspecified atom stereocenters. The summed E-state index contributed by atoms with van der Waals surface area (Å²) in [6.07, 6.45) is 0. The van der Waals surface area contributed by atoms with Gasteiger partial charge in [0.2, 0.25) is 0 Å². The minimum Gasteiger partial charge on any atom is -0.366 e. The van der Waals surface area contributed by atoms with Crippen LogP contribution in [-0.4, -0.2) is 67.3 Å². The highest BCUT2D eigenvalue weighted by molar-refractivity contribution is 7.80. The maximum atomic E-state index is 5.44. The molecule has 0 aromatic heterocycles. The summed E-state index contributed by atoms with van der Waals surface area (Å²) in [5, 5.41) is 7.52. The molecule has 2 N–H and O–H groups in total. The van der Waals surface area contributed by atoms with Gasteiger partial charge in [-0.2, -0.15) is 0 Å². The van der Waals surface area contributed by atoms with E-state index >= 15 is 0 Å². The molecule has 4 saturated heterocycles. The highest BCUT2D eigenvalue weighted by atomic mass is 32.1. The smallest absolute Gasteiger partial charge is 0.166 e. The molecule has 0 amide bonds. The molecule has 4 nitrogen and oxygen atoms in total. The highest BCUT2D eigenvalue weighted by Gasteiger charge is 2.55. The Morgan fingerprint density at radius 3 is 2.36 bits per heavy atom. The van der Waals surface area contributed by atoms with Crippen molar-refractivity contribution in [3.8, 4) is 0 Å². The lowest BCUT2D eigenvalue weighted by Crippen LogP contribution is -2.71. The number of rotatable bonds is 2. The Bertz CT molecular complexity index is 545. The summed E-state index contributed by atoms with van der Waals surface area (Å²) in [5.41, 5.74) is 1.59. The van der Waals surface area contributed by atoms with Gasteiger partial charge in [-0.15, -0.1) is 0 Å². The molecule has 4 bridgehead atoms. The van der Waals surface area contributed by atoms with Crippen LogP contribution in [0.5, 0.6) is 0 Å².